The van der Waals surface area contributed by atoms with Crippen LogP contribution in [0.4, 0.5) is 5.69 Å². The molecule has 27 heavy (non-hydrogen) atoms. The standard InChI is InChI=1S/C21H24N2O4/c24-19(23-18-12-6-10-15-7-4-5-11-17(15)18)14-27-20(25)13-22-21(26)16-8-2-1-3-9-16/h4-7,10-12,16H,1-3,8-9,13-14H2,(H,22,26)(H,23,24). The summed E-state index contributed by atoms with van der Waals surface area (Å²) in [5.74, 6) is -1.15. The summed E-state index contributed by atoms with van der Waals surface area (Å²) in [5, 5.41) is 7.29. The van der Waals surface area contributed by atoms with Gasteiger partial charge in [0.05, 0.1) is 0 Å². The highest BCUT2D eigenvalue weighted by Gasteiger charge is 2.21. The molecule has 1 aliphatic carbocycles. The summed E-state index contributed by atoms with van der Waals surface area (Å²) in [7, 11) is 0. The third-order valence-corrected chi connectivity index (χ3v) is 4.81. The smallest absolute Gasteiger partial charge is 0.325 e. The van der Waals surface area contributed by atoms with Crippen LogP contribution in [0.15, 0.2) is 42.5 Å². The third-order valence-electron chi connectivity index (χ3n) is 4.81. The highest BCUT2D eigenvalue weighted by atomic mass is 16.5. The van der Waals surface area contributed by atoms with Crippen molar-refractivity contribution in [1.29, 1.82) is 0 Å². The molecule has 6 nitrogen and oxygen atoms in total. The molecule has 1 saturated carbocycles. The number of hydrogen-bond acceptors (Lipinski definition) is 4. The van der Waals surface area contributed by atoms with E-state index in [0.29, 0.717) is 5.69 Å². The number of anilines is 1. The maximum absolute atomic E-state index is 12.1. The van der Waals surface area contributed by atoms with Crippen molar-refractivity contribution in [1.82, 2.24) is 5.32 Å². The molecule has 0 spiro atoms. The zero-order valence-corrected chi connectivity index (χ0v) is 15.2. The monoisotopic (exact) mass is 368 g/mol. The zero-order valence-electron chi connectivity index (χ0n) is 15.2. The molecule has 0 aliphatic heterocycles. The van der Waals surface area contributed by atoms with E-state index in [1.54, 1.807) is 6.07 Å². The Morgan fingerprint density at radius 3 is 2.52 bits per heavy atom. The van der Waals surface area contributed by atoms with Crippen LogP contribution < -0.4 is 10.6 Å². The van der Waals surface area contributed by atoms with Crippen LogP contribution in [0.5, 0.6) is 0 Å². The molecule has 2 amide bonds. The molecule has 3 rings (SSSR count). The van der Waals surface area contributed by atoms with Gasteiger partial charge in [-0.3, -0.25) is 14.4 Å². The largest absolute Gasteiger partial charge is 0.454 e. The maximum Gasteiger partial charge on any atom is 0.325 e. The first-order valence-electron chi connectivity index (χ1n) is 9.34. The number of benzene rings is 2. The number of nitrogens with one attached hydrogen (secondary N) is 2. The fourth-order valence-electron chi connectivity index (χ4n) is 3.39. The molecule has 2 N–H and O–H groups in total. The van der Waals surface area contributed by atoms with Gasteiger partial charge in [0.15, 0.2) is 6.61 Å². The minimum atomic E-state index is -0.618. The quantitative estimate of drug-likeness (QED) is 0.768. The molecule has 2 aromatic carbocycles. The molecule has 1 fully saturated rings. The van der Waals surface area contributed by atoms with Crippen molar-refractivity contribution < 1.29 is 19.1 Å². The highest BCUT2D eigenvalue weighted by molar-refractivity contribution is 6.02. The first-order chi connectivity index (χ1) is 13.1. The Morgan fingerprint density at radius 1 is 0.963 bits per heavy atom. The highest BCUT2D eigenvalue weighted by Crippen LogP contribution is 2.24. The van der Waals surface area contributed by atoms with E-state index in [-0.39, 0.29) is 25.0 Å². The molecule has 2 aromatic rings. The first-order valence-corrected chi connectivity index (χ1v) is 9.34. The van der Waals surface area contributed by atoms with Gasteiger partial charge in [-0.1, -0.05) is 55.7 Å². The average molecular weight is 368 g/mol. The third kappa shape index (κ3) is 5.29. The van der Waals surface area contributed by atoms with Crippen molar-refractivity contribution in [2.75, 3.05) is 18.5 Å². The number of esters is 1. The van der Waals surface area contributed by atoms with Crippen molar-refractivity contribution in [3.63, 3.8) is 0 Å². The Bertz CT molecular complexity index is 823. The molecule has 0 heterocycles. The lowest BCUT2D eigenvalue weighted by Gasteiger charge is -2.20. The van der Waals surface area contributed by atoms with E-state index in [4.69, 9.17) is 4.74 Å². The predicted molar refractivity (Wildman–Crippen MR) is 103 cm³/mol. The molecule has 6 heteroatoms. The summed E-state index contributed by atoms with van der Waals surface area (Å²) in [6.45, 7) is -0.599. The van der Waals surface area contributed by atoms with Crippen LogP contribution in [0.25, 0.3) is 10.8 Å². The summed E-state index contributed by atoms with van der Waals surface area (Å²) >= 11 is 0. The molecule has 0 saturated heterocycles. The van der Waals surface area contributed by atoms with Gasteiger partial charge in [0.2, 0.25) is 5.91 Å². The second kappa shape index (κ2) is 9.16. The van der Waals surface area contributed by atoms with Crippen LogP contribution in [-0.4, -0.2) is 30.9 Å². The van der Waals surface area contributed by atoms with Crippen LogP contribution >= 0.6 is 0 Å². The molecular weight excluding hydrogens is 344 g/mol. The van der Waals surface area contributed by atoms with Gasteiger partial charge in [-0.2, -0.15) is 0 Å². The van der Waals surface area contributed by atoms with Crippen molar-refractivity contribution in [2.24, 2.45) is 5.92 Å². The number of hydrogen-bond donors (Lipinski definition) is 2. The summed E-state index contributed by atoms with van der Waals surface area (Å²) in [4.78, 5) is 35.9. The van der Waals surface area contributed by atoms with Gasteiger partial charge in [-0.25, -0.2) is 0 Å². The van der Waals surface area contributed by atoms with E-state index < -0.39 is 11.9 Å². The van der Waals surface area contributed by atoms with E-state index in [1.807, 2.05) is 36.4 Å². The zero-order chi connectivity index (χ0) is 19.1. The number of rotatable bonds is 6. The Balaban J connectivity index is 1.43. The second-order valence-corrected chi connectivity index (χ2v) is 6.79. The molecule has 1 aliphatic rings. The molecule has 0 bridgehead atoms. The minimum absolute atomic E-state index is 0.0128. The predicted octanol–water partition coefficient (Wildman–Crippen LogP) is 3.02. The van der Waals surface area contributed by atoms with Crippen LogP contribution in [0.1, 0.15) is 32.1 Å². The summed E-state index contributed by atoms with van der Waals surface area (Å²) in [5.41, 5.74) is 0.666. The molecule has 0 unspecified atom stereocenters. The Hall–Kier alpha value is -2.89. The van der Waals surface area contributed by atoms with Gasteiger partial charge in [0.1, 0.15) is 6.54 Å². The summed E-state index contributed by atoms with van der Waals surface area (Å²) < 4.78 is 4.96. The van der Waals surface area contributed by atoms with Crippen molar-refractivity contribution >= 4 is 34.2 Å². The SMILES string of the molecule is O=C(COC(=O)CNC(=O)C1CCCCC1)Nc1cccc2ccccc12. The van der Waals surface area contributed by atoms with Crippen molar-refractivity contribution in [2.45, 2.75) is 32.1 Å². The second-order valence-electron chi connectivity index (χ2n) is 6.79. The number of carbonyl (C=O) groups is 3. The molecule has 0 radical (unpaired) electrons. The van der Waals surface area contributed by atoms with Gasteiger partial charge in [-0.05, 0) is 24.3 Å². The number of fused-ring (bicyclic) bond motifs is 1. The first kappa shape index (κ1) is 18.9. The van der Waals surface area contributed by atoms with Crippen LogP contribution in [-0.2, 0) is 19.1 Å². The topological polar surface area (TPSA) is 84.5 Å². The molecule has 142 valence electrons. The van der Waals surface area contributed by atoms with Gasteiger partial charge in [-0.15, -0.1) is 0 Å². The fourth-order valence-corrected chi connectivity index (χ4v) is 3.39. The molecule has 0 aromatic heterocycles. The van der Waals surface area contributed by atoms with E-state index in [1.165, 1.54) is 0 Å². The lowest BCUT2D eigenvalue weighted by molar-refractivity contribution is -0.147. The summed E-state index contributed by atoms with van der Waals surface area (Å²) in [6, 6.07) is 13.3. The number of carbonyl (C=O) groups excluding carboxylic acids is 3. The van der Waals surface area contributed by atoms with Crippen LogP contribution in [0, 0.1) is 5.92 Å². The molecular formula is C21H24N2O4. The Morgan fingerprint density at radius 2 is 1.70 bits per heavy atom. The molecule has 0 atom stereocenters. The van der Waals surface area contributed by atoms with Crippen LogP contribution in [0.3, 0.4) is 0 Å². The summed E-state index contributed by atoms with van der Waals surface area (Å²) in [6.07, 6.45) is 5.01. The lowest BCUT2D eigenvalue weighted by Crippen LogP contribution is -2.36. The van der Waals surface area contributed by atoms with Gasteiger partial charge >= 0.3 is 5.97 Å². The van der Waals surface area contributed by atoms with E-state index in [0.717, 1.165) is 42.9 Å². The maximum atomic E-state index is 12.1. The van der Waals surface area contributed by atoms with E-state index in [2.05, 4.69) is 10.6 Å². The van der Waals surface area contributed by atoms with E-state index in [9.17, 15) is 14.4 Å². The Labute approximate surface area is 158 Å². The van der Waals surface area contributed by atoms with Gasteiger partial charge < -0.3 is 15.4 Å². The van der Waals surface area contributed by atoms with E-state index >= 15 is 0 Å². The van der Waals surface area contributed by atoms with Crippen molar-refractivity contribution in [3.05, 3.63) is 42.5 Å². The minimum Gasteiger partial charge on any atom is -0.454 e. The average Bonchev–Trinajstić information content (AvgIpc) is 2.71. The lowest BCUT2D eigenvalue weighted by atomic mass is 9.89. The van der Waals surface area contributed by atoms with Crippen molar-refractivity contribution in [3.8, 4) is 0 Å². The fraction of sp³-hybridized carbons (Fsp3) is 0.381. The number of ether oxygens (including phenoxy) is 1. The van der Waals surface area contributed by atoms with Gasteiger partial charge in [0, 0.05) is 17.0 Å². The number of amides is 2. The van der Waals surface area contributed by atoms with Gasteiger partial charge in [0.25, 0.3) is 5.91 Å². The normalized spacial score (nSPS) is 14.5. The van der Waals surface area contributed by atoms with Crippen LogP contribution in [0.2, 0.25) is 0 Å². The Kier molecular flexibility index (Phi) is 6.41.